The maximum Gasteiger partial charge on any atom is 0.158 e. The molecule has 0 spiro atoms. The minimum absolute atomic E-state index is 0.00691. The molecule has 0 fully saturated rings. The zero-order valence-electron chi connectivity index (χ0n) is 25.9. The Bertz CT molecular complexity index is 2570. The molecule has 0 aliphatic carbocycles. The number of benzene rings is 6. The molecule has 1 aliphatic heterocycles. The summed E-state index contributed by atoms with van der Waals surface area (Å²) in [6.07, 6.45) is 0. The third kappa shape index (κ3) is 5.00. The molecule has 5 heteroatoms. The van der Waals surface area contributed by atoms with Gasteiger partial charge in [0.05, 0.1) is 22.9 Å². The molecule has 9 rings (SSSR count). The molecular formula is C43H29NO3S. The quantitative estimate of drug-likeness (QED) is 0.192. The number of para-hydroxylation sites is 2. The van der Waals surface area contributed by atoms with E-state index in [2.05, 4.69) is 78.9 Å². The number of rotatable bonds is 4. The second-order valence-electron chi connectivity index (χ2n) is 12.4. The Labute approximate surface area is 278 Å². The number of aromatic nitrogens is 1. The van der Waals surface area contributed by atoms with Gasteiger partial charge < -0.3 is 4.42 Å². The summed E-state index contributed by atoms with van der Waals surface area (Å²) in [5, 5.41) is 2.14. The highest BCUT2D eigenvalue weighted by molar-refractivity contribution is 7.89. The fourth-order valence-electron chi connectivity index (χ4n) is 6.99. The van der Waals surface area contributed by atoms with Crippen molar-refractivity contribution in [2.75, 3.05) is 0 Å². The molecule has 0 atom stereocenters. The minimum Gasteiger partial charge on any atom is -0.455 e. The van der Waals surface area contributed by atoms with Crippen molar-refractivity contribution in [1.29, 1.82) is 0 Å². The topological polar surface area (TPSA) is 60.2 Å². The predicted molar refractivity (Wildman–Crippen MR) is 195 cm³/mol. The minimum atomic E-state index is -3.41. The van der Waals surface area contributed by atoms with Gasteiger partial charge in [0.15, 0.2) is 9.84 Å². The van der Waals surface area contributed by atoms with Crippen molar-refractivity contribution in [2.45, 2.75) is 11.5 Å². The molecular weight excluding hydrogens is 611 g/mol. The van der Waals surface area contributed by atoms with Gasteiger partial charge in [-0.1, -0.05) is 121 Å². The molecule has 3 heterocycles. The monoisotopic (exact) mass is 639 g/mol. The Hall–Kier alpha value is -5.78. The van der Waals surface area contributed by atoms with Crippen molar-refractivity contribution in [2.24, 2.45) is 0 Å². The molecule has 230 valence electrons. The zero-order chi connectivity index (χ0) is 32.2. The van der Waals surface area contributed by atoms with Gasteiger partial charge in [-0.25, -0.2) is 13.4 Å². The molecule has 2 aromatic heterocycles. The number of nitrogens with zero attached hydrogens (tertiary/aromatic N) is 1. The highest BCUT2D eigenvalue weighted by Crippen LogP contribution is 2.41. The Morgan fingerprint density at radius 1 is 0.458 bits per heavy atom. The molecule has 0 unspecified atom stereocenters. The van der Waals surface area contributed by atoms with Crippen molar-refractivity contribution in [3.8, 4) is 55.9 Å². The largest absolute Gasteiger partial charge is 0.455 e. The average molecular weight is 640 g/mol. The standard InChI is InChI=1S/C43H29NO3S/c45-48(46)26-32-19-18-31(36-15-9-16-38-37-14-7-8-17-42(37)47-43(36)38)23-39(32)35-21-20-30(22-34(35)27-48)33-24-40(28-10-3-1-4-11-28)44-41(25-33)29-12-5-2-6-13-29/h1-25H,26-27H2. The fourth-order valence-corrected chi connectivity index (χ4v) is 8.53. The summed E-state index contributed by atoms with van der Waals surface area (Å²) in [5.74, 6) is -0.0332. The SMILES string of the molecule is O=S1(=O)Cc2cc(-c3cc(-c4ccccc4)nc(-c4ccccc4)c3)ccc2-c2cc(-c3cccc4c3oc3ccccc34)ccc2C1. The van der Waals surface area contributed by atoms with Gasteiger partial charge in [-0.05, 0) is 69.3 Å². The van der Waals surface area contributed by atoms with Gasteiger partial charge in [0.25, 0.3) is 0 Å². The van der Waals surface area contributed by atoms with E-state index in [1.54, 1.807) is 0 Å². The van der Waals surface area contributed by atoms with Crippen molar-refractivity contribution in [1.82, 2.24) is 4.98 Å². The van der Waals surface area contributed by atoms with Crippen molar-refractivity contribution in [3.63, 3.8) is 0 Å². The van der Waals surface area contributed by atoms with E-state index in [1.807, 2.05) is 72.8 Å². The van der Waals surface area contributed by atoms with Crippen LogP contribution in [-0.4, -0.2) is 13.4 Å². The first kappa shape index (κ1) is 28.4. The van der Waals surface area contributed by atoms with E-state index in [4.69, 9.17) is 9.40 Å². The van der Waals surface area contributed by atoms with Gasteiger partial charge in [0.2, 0.25) is 0 Å². The molecule has 48 heavy (non-hydrogen) atoms. The number of fused-ring (bicyclic) bond motifs is 6. The van der Waals surface area contributed by atoms with E-state index in [0.717, 1.165) is 89.0 Å². The van der Waals surface area contributed by atoms with Gasteiger partial charge in [-0.15, -0.1) is 0 Å². The second kappa shape index (κ2) is 11.2. The normalized spacial score (nSPS) is 13.6. The Morgan fingerprint density at radius 3 is 1.85 bits per heavy atom. The van der Waals surface area contributed by atoms with Crippen LogP contribution in [0, 0.1) is 0 Å². The first-order valence-corrected chi connectivity index (χ1v) is 17.8. The van der Waals surface area contributed by atoms with Gasteiger partial charge in [-0.3, -0.25) is 0 Å². The first-order valence-electron chi connectivity index (χ1n) is 16.0. The van der Waals surface area contributed by atoms with Crippen LogP contribution in [0.25, 0.3) is 77.8 Å². The molecule has 4 nitrogen and oxygen atoms in total. The number of pyridine rings is 1. The molecule has 0 bridgehead atoms. The predicted octanol–water partition coefficient (Wildman–Crippen LogP) is 10.7. The van der Waals surface area contributed by atoms with Gasteiger partial charge in [-0.2, -0.15) is 0 Å². The first-order chi connectivity index (χ1) is 23.5. The molecule has 1 aliphatic rings. The number of furan rings is 1. The van der Waals surface area contributed by atoms with Gasteiger partial charge in [0, 0.05) is 27.5 Å². The lowest BCUT2D eigenvalue weighted by Crippen LogP contribution is -2.05. The summed E-state index contributed by atoms with van der Waals surface area (Å²) < 4.78 is 33.4. The Balaban J connectivity index is 1.20. The van der Waals surface area contributed by atoms with E-state index >= 15 is 0 Å². The Morgan fingerprint density at radius 2 is 1.10 bits per heavy atom. The summed E-state index contributed by atoms with van der Waals surface area (Å²) in [4.78, 5) is 5.03. The molecule has 0 amide bonds. The van der Waals surface area contributed by atoms with Crippen molar-refractivity contribution in [3.05, 3.63) is 163 Å². The van der Waals surface area contributed by atoms with E-state index in [-0.39, 0.29) is 11.5 Å². The molecule has 8 aromatic rings. The van der Waals surface area contributed by atoms with Crippen LogP contribution in [0.4, 0.5) is 0 Å². The summed E-state index contributed by atoms with van der Waals surface area (Å²) in [5.41, 5.74) is 12.8. The molecule has 0 saturated heterocycles. The lowest BCUT2D eigenvalue weighted by Gasteiger charge is -2.14. The van der Waals surface area contributed by atoms with Crippen LogP contribution < -0.4 is 0 Å². The van der Waals surface area contributed by atoms with Crippen LogP contribution in [0.15, 0.2) is 156 Å². The summed E-state index contributed by atoms with van der Waals surface area (Å²) >= 11 is 0. The lowest BCUT2D eigenvalue weighted by atomic mass is 9.90. The van der Waals surface area contributed by atoms with Gasteiger partial charge >= 0.3 is 0 Å². The van der Waals surface area contributed by atoms with Crippen molar-refractivity contribution < 1.29 is 12.8 Å². The highest BCUT2D eigenvalue weighted by Gasteiger charge is 2.25. The van der Waals surface area contributed by atoms with Crippen LogP contribution in [-0.2, 0) is 21.3 Å². The third-order valence-corrected chi connectivity index (χ3v) is 10.8. The smallest absolute Gasteiger partial charge is 0.158 e. The maximum absolute atomic E-state index is 13.5. The number of hydrogen-bond donors (Lipinski definition) is 0. The Kier molecular flexibility index (Phi) is 6.63. The molecule has 6 aromatic carbocycles. The van der Waals surface area contributed by atoms with E-state index < -0.39 is 9.84 Å². The summed E-state index contributed by atoms with van der Waals surface area (Å²) in [6, 6.07) is 51.1. The molecule has 0 radical (unpaired) electrons. The zero-order valence-corrected chi connectivity index (χ0v) is 26.7. The number of sulfone groups is 1. The fraction of sp³-hybridized carbons (Fsp3) is 0.0465. The van der Waals surface area contributed by atoms with E-state index in [1.165, 1.54) is 0 Å². The van der Waals surface area contributed by atoms with Crippen LogP contribution in [0.3, 0.4) is 0 Å². The van der Waals surface area contributed by atoms with Crippen LogP contribution in [0.1, 0.15) is 11.1 Å². The summed E-state index contributed by atoms with van der Waals surface area (Å²) in [6.45, 7) is 0. The molecule has 0 N–H and O–H groups in total. The molecule has 0 saturated carbocycles. The van der Waals surface area contributed by atoms with Crippen LogP contribution in [0.2, 0.25) is 0 Å². The summed E-state index contributed by atoms with van der Waals surface area (Å²) in [7, 11) is -3.41. The van der Waals surface area contributed by atoms with Crippen LogP contribution >= 0.6 is 0 Å². The number of hydrogen-bond acceptors (Lipinski definition) is 4. The van der Waals surface area contributed by atoms with Crippen molar-refractivity contribution >= 4 is 31.8 Å². The second-order valence-corrected chi connectivity index (χ2v) is 14.5. The lowest BCUT2D eigenvalue weighted by molar-refractivity contribution is 0.595. The van der Waals surface area contributed by atoms with E-state index in [0.29, 0.717) is 0 Å². The van der Waals surface area contributed by atoms with Crippen LogP contribution in [0.5, 0.6) is 0 Å². The maximum atomic E-state index is 13.5. The van der Waals surface area contributed by atoms with Gasteiger partial charge in [0.1, 0.15) is 11.2 Å². The average Bonchev–Trinajstić information content (AvgIpc) is 3.46. The third-order valence-electron chi connectivity index (χ3n) is 9.27. The van der Waals surface area contributed by atoms with E-state index in [9.17, 15) is 8.42 Å². The highest BCUT2D eigenvalue weighted by atomic mass is 32.2.